The molecular weight excluding hydrogens is 200 g/mol. The first-order chi connectivity index (χ1) is 7.45. The molecular formula is C14H26O2. The average Bonchev–Trinajstić information content (AvgIpc) is 2.14. The molecule has 0 aromatic rings. The van der Waals surface area contributed by atoms with Gasteiger partial charge in [-0.2, -0.15) is 0 Å². The molecule has 0 atom stereocenters. The zero-order chi connectivity index (χ0) is 12.6. The zero-order valence-corrected chi connectivity index (χ0v) is 11.4. The predicted octanol–water partition coefficient (Wildman–Crippen LogP) is 3.59. The summed E-state index contributed by atoms with van der Waals surface area (Å²) in [5, 5.41) is 0. The molecule has 0 aromatic carbocycles. The van der Waals surface area contributed by atoms with E-state index in [1.54, 1.807) is 14.2 Å². The lowest BCUT2D eigenvalue weighted by molar-refractivity contribution is 0.0119. The molecule has 0 rings (SSSR count). The van der Waals surface area contributed by atoms with E-state index < -0.39 is 0 Å². The van der Waals surface area contributed by atoms with Crippen LogP contribution in [0.2, 0.25) is 0 Å². The Labute approximate surface area is 100 Å². The van der Waals surface area contributed by atoms with Gasteiger partial charge < -0.3 is 9.47 Å². The Morgan fingerprint density at radius 3 is 1.94 bits per heavy atom. The van der Waals surface area contributed by atoms with Crippen molar-refractivity contribution in [2.24, 2.45) is 5.41 Å². The van der Waals surface area contributed by atoms with Gasteiger partial charge in [-0.15, -0.1) is 6.58 Å². The maximum absolute atomic E-state index is 5.34. The van der Waals surface area contributed by atoms with Crippen LogP contribution in [-0.2, 0) is 9.47 Å². The van der Waals surface area contributed by atoms with Crippen LogP contribution >= 0.6 is 0 Å². The highest BCUT2D eigenvalue weighted by atomic mass is 16.5. The van der Waals surface area contributed by atoms with Crippen LogP contribution in [0.3, 0.4) is 0 Å². The van der Waals surface area contributed by atoms with Crippen molar-refractivity contribution in [2.45, 2.75) is 33.6 Å². The molecule has 94 valence electrons. The predicted molar refractivity (Wildman–Crippen MR) is 69.7 cm³/mol. The fourth-order valence-corrected chi connectivity index (χ4v) is 2.01. The molecule has 0 aromatic heterocycles. The van der Waals surface area contributed by atoms with Gasteiger partial charge in [0.15, 0.2) is 0 Å². The maximum Gasteiger partial charge on any atom is 0.0546 e. The van der Waals surface area contributed by atoms with Crippen LogP contribution < -0.4 is 0 Å². The van der Waals surface area contributed by atoms with E-state index in [0.717, 1.165) is 12.8 Å². The maximum atomic E-state index is 5.34. The van der Waals surface area contributed by atoms with Gasteiger partial charge in [-0.3, -0.25) is 0 Å². The third-order valence-corrected chi connectivity index (χ3v) is 2.52. The van der Waals surface area contributed by atoms with Crippen molar-refractivity contribution in [3.63, 3.8) is 0 Å². The summed E-state index contributed by atoms with van der Waals surface area (Å²) < 4.78 is 10.7. The molecule has 0 unspecified atom stereocenters. The molecule has 0 saturated carbocycles. The van der Waals surface area contributed by atoms with Crippen LogP contribution in [0.4, 0.5) is 0 Å². The summed E-state index contributed by atoms with van der Waals surface area (Å²) in [6, 6.07) is 0. The highest BCUT2D eigenvalue weighted by molar-refractivity contribution is 5.03. The zero-order valence-electron chi connectivity index (χ0n) is 11.4. The summed E-state index contributed by atoms with van der Waals surface area (Å²) >= 11 is 0. The van der Waals surface area contributed by atoms with Gasteiger partial charge in [0.25, 0.3) is 0 Å². The lowest BCUT2D eigenvalue weighted by Crippen LogP contribution is -2.31. The molecule has 0 aliphatic carbocycles. The lowest BCUT2D eigenvalue weighted by atomic mass is 9.80. The van der Waals surface area contributed by atoms with E-state index in [2.05, 4.69) is 33.4 Å². The number of methoxy groups -OCH3 is 2. The van der Waals surface area contributed by atoms with Crippen molar-refractivity contribution >= 4 is 0 Å². The Morgan fingerprint density at radius 2 is 1.62 bits per heavy atom. The molecule has 2 heteroatoms. The number of ether oxygens (including phenoxy) is 2. The van der Waals surface area contributed by atoms with E-state index in [4.69, 9.17) is 9.47 Å². The number of allylic oxidation sites excluding steroid dienone is 3. The van der Waals surface area contributed by atoms with Gasteiger partial charge in [-0.1, -0.05) is 17.2 Å². The Kier molecular flexibility index (Phi) is 7.35. The monoisotopic (exact) mass is 226 g/mol. The highest BCUT2D eigenvalue weighted by Crippen LogP contribution is 2.31. The van der Waals surface area contributed by atoms with Gasteiger partial charge >= 0.3 is 0 Å². The Balaban J connectivity index is 4.76. The van der Waals surface area contributed by atoms with Gasteiger partial charge in [0.2, 0.25) is 0 Å². The Hall–Kier alpha value is -0.600. The fourth-order valence-electron chi connectivity index (χ4n) is 2.01. The third-order valence-electron chi connectivity index (χ3n) is 2.52. The summed E-state index contributed by atoms with van der Waals surface area (Å²) in [6.07, 6.45) is 4.17. The quantitative estimate of drug-likeness (QED) is 0.589. The molecule has 0 fully saturated rings. The van der Waals surface area contributed by atoms with Crippen molar-refractivity contribution in [2.75, 3.05) is 27.4 Å². The van der Waals surface area contributed by atoms with Crippen molar-refractivity contribution in [3.05, 3.63) is 23.8 Å². The van der Waals surface area contributed by atoms with E-state index in [9.17, 15) is 0 Å². The van der Waals surface area contributed by atoms with Crippen molar-refractivity contribution in [1.29, 1.82) is 0 Å². The second-order valence-electron chi connectivity index (χ2n) is 4.99. The van der Waals surface area contributed by atoms with Gasteiger partial charge in [0.1, 0.15) is 0 Å². The molecule has 0 N–H and O–H groups in total. The summed E-state index contributed by atoms with van der Waals surface area (Å²) in [4.78, 5) is 0. The highest BCUT2D eigenvalue weighted by Gasteiger charge is 2.29. The average molecular weight is 226 g/mol. The second kappa shape index (κ2) is 7.64. The summed E-state index contributed by atoms with van der Waals surface area (Å²) in [5.41, 5.74) is 2.54. The first kappa shape index (κ1) is 15.4. The SMILES string of the molecule is C=C(C)CC(CC=C(C)C)(COC)COC. The largest absolute Gasteiger partial charge is 0.384 e. The molecule has 0 aliphatic heterocycles. The van der Waals surface area contributed by atoms with Gasteiger partial charge in [-0.25, -0.2) is 0 Å². The van der Waals surface area contributed by atoms with Crippen LogP contribution in [0.25, 0.3) is 0 Å². The standard InChI is InChI=1S/C14H26O2/c1-12(2)7-8-14(10-15-5,11-16-6)9-13(3)4/h7H,3,8-11H2,1-2,4-6H3. The molecule has 2 nitrogen and oxygen atoms in total. The topological polar surface area (TPSA) is 18.5 Å². The number of rotatable bonds is 8. The van der Waals surface area contributed by atoms with Crippen LogP contribution in [-0.4, -0.2) is 27.4 Å². The van der Waals surface area contributed by atoms with Gasteiger partial charge in [-0.05, 0) is 33.6 Å². The van der Waals surface area contributed by atoms with E-state index in [0.29, 0.717) is 13.2 Å². The van der Waals surface area contributed by atoms with Crippen LogP contribution in [0, 0.1) is 5.41 Å². The molecule has 0 amide bonds. The van der Waals surface area contributed by atoms with E-state index in [1.807, 2.05) is 0 Å². The summed E-state index contributed by atoms with van der Waals surface area (Å²) in [7, 11) is 3.48. The lowest BCUT2D eigenvalue weighted by Gasteiger charge is -2.32. The molecule has 16 heavy (non-hydrogen) atoms. The van der Waals surface area contributed by atoms with Crippen molar-refractivity contribution in [3.8, 4) is 0 Å². The van der Waals surface area contributed by atoms with Gasteiger partial charge in [0, 0.05) is 19.6 Å². The normalized spacial score (nSPS) is 11.3. The molecule has 0 spiro atoms. The molecule has 0 radical (unpaired) electrons. The van der Waals surface area contributed by atoms with Crippen LogP contribution in [0.15, 0.2) is 23.8 Å². The van der Waals surface area contributed by atoms with E-state index in [-0.39, 0.29) is 5.41 Å². The second-order valence-corrected chi connectivity index (χ2v) is 4.99. The minimum atomic E-state index is 0.0343. The number of hydrogen-bond acceptors (Lipinski definition) is 2. The summed E-state index contributed by atoms with van der Waals surface area (Å²) in [5.74, 6) is 0. The van der Waals surface area contributed by atoms with E-state index in [1.165, 1.54) is 11.1 Å². The minimum Gasteiger partial charge on any atom is -0.384 e. The van der Waals surface area contributed by atoms with E-state index >= 15 is 0 Å². The van der Waals surface area contributed by atoms with Crippen LogP contribution in [0.5, 0.6) is 0 Å². The molecule has 0 saturated heterocycles. The Bertz CT molecular complexity index is 231. The van der Waals surface area contributed by atoms with Crippen molar-refractivity contribution < 1.29 is 9.47 Å². The first-order valence-corrected chi connectivity index (χ1v) is 5.71. The Morgan fingerprint density at radius 1 is 1.12 bits per heavy atom. The smallest absolute Gasteiger partial charge is 0.0546 e. The third kappa shape index (κ3) is 6.09. The molecule has 0 aliphatic rings. The molecule has 0 bridgehead atoms. The first-order valence-electron chi connectivity index (χ1n) is 5.71. The van der Waals surface area contributed by atoms with Crippen LogP contribution in [0.1, 0.15) is 33.6 Å². The fraction of sp³-hybridized carbons (Fsp3) is 0.714. The summed E-state index contributed by atoms with van der Waals surface area (Å²) in [6.45, 7) is 11.7. The molecule has 0 heterocycles. The van der Waals surface area contributed by atoms with Gasteiger partial charge in [0.05, 0.1) is 13.2 Å². The number of hydrogen-bond donors (Lipinski definition) is 0. The minimum absolute atomic E-state index is 0.0343. The van der Waals surface area contributed by atoms with Crippen molar-refractivity contribution in [1.82, 2.24) is 0 Å².